The van der Waals surface area contributed by atoms with Gasteiger partial charge in [0.15, 0.2) is 0 Å². The smallest absolute Gasteiger partial charge is 0.369 e. The number of benzene rings is 1. The van der Waals surface area contributed by atoms with Crippen molar-refractivity contribution in [1.29, 1.82) is 0 Å². The van der Waals surface area contributed by atoms with Crippen molar-refractivity contribution in [3.63, 3.8) is 0 Å². The van der Waals surface area contributed by atoms with E-state index in [9.17, 15) is 22.8 Å². The van der Waals surface area contributed by atoms with Gasteiger partial charge in [0.2, 0.25) is 17.5 Å². The second kappa shape index (κ2) is 10.9. The Labute approximate surface area is 214 Å². The Kier molecular flexibility index (Phi) is 7.48. The molecule has 38 heavy (non-hydrogen) atoms. The van der Waals surface area contributed by atoms with E-state index in [1.54, 1.807) is 18.2 Å². The maximum Gasteiger partial charge on any atom is 0.369 e. The molecule has 0 bridgehead atoms. The molecular weight excluding hydrogens is 505 g/mol. The van der Waals surface area contributed by atoms with Crippen molar-refractivity contribution in [3.8, 4) is 11.6 Å². The minimum absolute atomic E-state index is 0.220. The van der Waals surface area contributed by atoms with Crippen LogP contribution >= 0.6 is 0 Å². The van der Waals surface area contributed by atoms with Crippen LogP contribution in [0.3, 0.4) is 0 Å². The second-order valence-electron chi connectivity index (χ2n) is 8.36. The van der Waals surface area contributed by atoms with Gasteiger partial charge in [-0.3, -0.25) is 14.5 Å². The Morgan fingerprint density at radius 2 is 2.08 bits per heavy atom. The first-order valence-electron chi connectivity index (χ1n) is 11.2. The fourth-order valence-corrected chi connectivity index (χ4v) is 4.06. The first kappa shape index (κ1) is 26.0. The van der Waals surface area contributed by atoms with Crippen LogP contribution in [-0.4, -0.2) is 56.8 Å². The standard InChI is InChI=1S/C25H19F3N6O4/c1-29-15-3-6-21(32-11-15)38-16-4-5-18-17(9-16)13(10-31-18)7-19(33-23(28)22(27)25(36)37)24(35)34-12-14(26)8-20(34)30-2/h3-6,9-11,14,19-20,31,33H,7-8,12H2,(H,36,37)/b23-22+/t14-,19-,20-/m0/s1. The van der Waals surface area contributed by atoms with E-state index in [1.165, 1.54) is 24.5 Å². The van der Waals surface area contributed by atoms with Gasteiger partial charge in [0.1, 0.15) is 18.0 Å². The van der Waals surface area contributed by atoms with E-state index < -0.39 is 48.6 Å². The van der Waals surface area contributed by atoms with E-state index in [4.69, 9.17) is 23.0 Å². The largest absolute Gasteiger partial charge is 0.476 e. The monoisotopic (exact) mass is 524 g/mol. The van der Waals surface area contributed by atoms with Crippen LogP contribution in [-0.2, 0) is 16.0 Å². The van der Waals surface area contributed by atoms with E-state index in [0.29, 0.717) is 27.9 Å². The molecule has 0 aliphatic carbocycles. The van der Waals surface area contributed by atoms with Crippen LogP contribution in [0.1, 0.15) is 12.0 Å². The molecule has 1 aliphatic heterocycles. The number of hydrogen-bond acceptors (Lipinski definition) is 5. The number of halogens is 3. The van der Waals surface area contributed by atoms with E-state index >= 15 is 0 Å². The van der Waals surface area contributed by atoms with Gasteiger partial charge in [-0.05, 0) is 35.9 Å². The Morgan fingerprint density at radius 1 is 1.29 bits per heavy atom. The molecule has 2 aromatic heterocycles. The van der Waals surface area contributed by atoms with E-state index in [0.717, 1.165) is 4.90 Å². The molecule has 1 fully saturated rings. The maximum atomic E-state index is 14.4. The highest BCUT2D eigenvalue weighted by molar-refractivity contribution is 5.88. The third-order valence-electron chi connectivity index (χ3n) is 5.87. The lowest BCUT2D eigenvalue weighted by Gasteiger charge is -2.24. The number of carbonyl (C=O) groups excluding carboxylic acids is 1. The number of carbonyl (C=O) groups is 2. The average molecular weight is 524 g/mol. The molecule has 0 unspecified atom stereocenters. The molecule has 10 nitrogen and oxygen atoms in total. The van der Waals surface area contributed by atoms with Crippen LogP contribution in [0.25, 0.3) is 20.6 Å². The van der Waals surface area contributed by atoms with Gasteiger partial charge in [-0.25, -0.2) is 25.6 Å². The molecule has 0 radical (unpaired) electrons. The number of amides is 1. The van der Waals surface area contributed by atoms with Crippen molar-refractivity contribution in [3.05, 3.63) is 82.9 Å². The van der Waals surface area contributed by atoms with Crippen LogP contribution in [0.5, 0.6) is 11.6 Å². The Bertz CT molecular complexity index is 1490. The fourth-order valence-electron chi connectivity index (χ4n) is 4.06. The van der Waals surface area contributed by atoms with E-state index in [-0.39, 0.29) is 18.7 Å². The summed E-state index contributed by atoms with van der Waals surface area (Å²) >= 11 is 0. The third-order valence-corrected chi connectivity index (χ3v) is 5.87. The molecular formula is C25H19F3N6O4. The molecule has 1 amide bonds. The van der Waals surface area contributed by atoms with Crippen LogP contribution < -0.4 is 10.1 Å². The normalized spacial score (nSPS) is 18.3. The molecule has 0 spiro atoms. The number of nitrogens with one attached hydrogen (secondary N) is 2. The number of carboxylic acid groups (broad SMARTS) is 1. The third kappa shape index (κ3) is 5.52. The predicted octanol–water partition coefficient (Wildman–Crippen LogP) is 4.42. The number of likely N-dealkylation sites (tertiary alicyclic amines) is 1. The molecule has 1 saturated heterocycles. The average Bonchev–Trinajstić information content (AvgIpc) is 3.50. The van der Waals surface area contributed by atoms with Crippen LogP contribution in [0.15, 0.2) is 54.5 Å². The number of fused-ring (bicyclic) bond motifs is 1. The summed E-state index contributed by atoms with van der Waals surface area (Å²) < 4.78 is 47.8. The number of ether oxygens (including phenoxy) is 1. The van der Waals surface area contributed by atoms with Gasteiger partial charge in [0.25, 0.3) is 11.7 Å². The number of aliphatic carboxylic acids is 1. The van der Waals surface area contributed by atoms with Crippen LogP contribution in [0, 0.1) is 13.1 Å². The molecule has 1 aromatic carbocycles. The van der Waals surface area contributed by atoms with Gasteiger partial charge in [-0.2, -0.15) is 8.78 Å². The quantitative estimate of drug-likeness (QED) is 0.228. The van der Waals surface area contributed by atoms with Crippen molar-refractivity contribution in [2.45, 2.75) is 31.2 Å². The summed E-state index contributed by atoms with van der Waals surface area (Å²) in [5.41, 5.74) is 1.40. The summed E-state index contributed by atoms with van der Waals surface area (Å²) in [5.74, 6) is -6.47. The van der Waals surface area contributed by atoms with Gasteiger partial charge in [-0.15, -0.1) is 0 Å². The van der Waals surface area contributed by atoms with Crippen molar-refractivity contribution in [1.82, 2.24) is 20.2 Å². The van der Waals surface area contributed by atoms with Gasteiger partial charge in [-0.1, -0.05) is 0 Å². The molecule has 4 rings (SSSR count). The molecule has 13 heteroatoms. The molecule has 3 N–H and O–H groups in total. The van der Waals surface area contributed by atoms with Gasteiger partial charge >= 0.3 is 12.1 Å². The summed E-state index contributed by atoms with van der Waals surface area (Å²) in [6, 6.07) is 6.44. The topological polar surface area (TPSA) is 116 Å². The molecule has 0 saturated carbocycles. The Morgan fingerprint density at radius 3 is 2.74 bits per heavy atom. The minimum Gasteiger partial charge on any atom is -0.476 e. The number of carboxylic acids is 1. The zero-order chi connectivity index (χ0) is 27.4. The molecule has 194 valence electrons. The lowest BCUT2D eigenvalue weighted by molar-refractivity contribution is -0.135. The highest BCUT2D eigenvalue weighted by atomic mass is 19.2. The summed E-state index contributed by atoms with van der Waals surface area (Å²) in [6.45, 7) is 13.8. The van der Waals surface area contributed by atoms with Gasteiger partial charge in [0.05, 0.1) is 19.5 Å². The second-order valence-corrected chi connectivity index (χ2v) is 8.36. The van der Waals surface area contributed by atoms with Crippen LogP contribution in [0.2, 0.25) is 0 Å². The number of rotatable bonds is 8. The lowest BCUT2D eigenvalue weighted by atomic mass is 10.0. The summed E-state index contributed by atoms with van der Waals surface area (Å²) in [7, 11) is 0. The fraction of sp³-hybridized carbons (Fsp3) is 0.240. The Hall–Kier alpha value is -5.04. The predicted molar refractivity (Wildman–Crippen MR) is 128 cm³/mol. The zero-order valence-corrected chi connectivity index (χ0v) is 19.5. The van der Waals surface area contributed by atoms with Gasteiger partial charge in [0, 0.05) is 29.7 Å². The number of hydrogen-bond donors (Lipinski definition) is 3. The maximum absolute atomic E-state index is 14.4. The SMILES string of the molecule is [C-]#[N+]c1ccc(Oc2ccc3[nH]cc(C[C@H](N/C(F)=C(/F)C(=O)O)C(=O)N4C[C@@H](F)C[C@H]4[N+]#[C-])c3c2)nc1. The van der Waals surface area contributed by atoms with Crippen molar-refractivity contribution < 1.29 is 32.6 Å². The number of nitrogens with zero attached hydrogens (tertiary/aromatic N) is 4. The molecule has 3 aromatic rings. The molecule has 1 aliphatic rings. The lowest BCUT2D eigenvalue weighted by Crippen LogP contribution is -2.48. The summed E-state index contributed by atoms with van der Waals surface area (Å²) in [6.07, 6.45) is -0.188. The van der Waals surface area contributed by atoms with E-state index in [2.05, 4.69) is 19.7 Å². The first-order chi connectivity index (χ1) is 18.2. The highest BCUT2D eigenvalue weighted by Gasteiger charge is 2.42. The summed E-state index contributed by atoms with van der Waals surface area (Å²) in [4.78, 5) is 38.6. The first-order valence-corrected chi connectivity index (χ1v) is 11.2. The number of aromatic amines is 1. The Balaban J connectivity index is 1.64. The highest BCUT2D eigenvalue weighted by Crippen LogP contribution is 2.29. The van der Waals surface area contributed by atoms with Gasteiger partial charge < -0.3 is 20.1 Å². The number of alkyl halides is 1. The summed E-state index contributed by atoms with van der Waals surface area (Å²) in [5, 5.41) is 11.3. The molecule has 3 heterocycles. The number of aromatic nitrogens is 2. The number of H-pyrrole nitrogens is 1. The molecule has 3 atom stereocenters. The van der Waals surface area contributed by atoms with Crippen molar-refractivity contribution >= 4 is 28.5 Å². The van der Waals surface area contributed by atoms with Crippen molar-refractivity contribution in [2.75, 3.05) is 6.54 Å². The number of pyridine rings is 1. The minimum atomic E-state index is -2.17. The zero-order valence-electron chi connectivity index (χ0n) is 19.5. The van der Waals surface area contributed by atoms with Crippen molar-refractivity contribution in [2.24, 2.45) is 0 Å². The van der Waals surface area contributed by atoms with Crippen LogP contribution in [0.4, 0.5) is 18.9 Å². The van der Waals surface area contributed by atoms with E-state index in [1.807, 2.05) is 5.32 Å².